The Hall–Kier alpha value is -0.840. The predicted octanol–water partition coefficient (Wildman–Crippen LogP) is 1.23. The van der Waals surface area contributed by atoms with Crippen molar-refractivity contribution in [2.24, 2.45) is 10.7 Å². The highest BCUT2D eigenvalue weighted by molar-refractivity contribution is 5.73. The lowest BCUT2D eigenvalue weighted by Crippen LogP contribution is -2.25. The van der Waals surface area contributed by atoms with Crippen LogP contribution in [0.25, 0.3) is 0 Å². The SMILES string of the molecule is NC1CC(C(F)(F)F)=CC=N1. The van der Waals surface area contributed by atoms with Gasteiger partial charge in [0, 0.05) is 18.2 Å². The first-order valence-corrected chi connectivity index (χ1v) is 3.05. The zero-order valence-corrected chi connectivity index (χ0v) is 5.60. The molecule has 0 aromatic rings. The van der Waals surface area contributed by atoms with Gasteiger partial charge in [-0.1, -0.05) is 0 Å². The van der Waals surface area contributed by atoms with E-state index in [1.54, 1.807) is 0 Å². The predicted molar refractivity (Wildman–Crippen MR) is 35.2 cm³/mol. The van der Waals surface area contributed by atoms with Crippen molar-refractivity contribution in [3.05, 3.63) is 11.6 Å². The quantitative estimate of drug-likeness (QED) is 0.574. The summed E-state index contributed by atoms with van der Waals surface area (Å²) < 4.78 is 35.8. The van der Waals surface area contributed by atoms with Crippen molar-refractivity contribution in [3.63, 3.8) is 0 Å². The minimum atomic E-state index is -4.26. The molecule has 1 rings (SSSR count). The van der Waals surface area contributed by atoms with E-state index in [2.05, 4.69) is 4.99 Å². The molecule has 5 heteroatoms. The van der Waals surface area contributed by atoms with Gasteiger partial charge in [0.25, 0.3) is 0 Å². The summed E-state index contributed by atoms with van der Waals surface area (Å²) in [5, 5.41) is 0. The topological polar surface area (TPSA) is 38.4 Å². The molecule has 0 saturated heterocycles. The Morgan fingerprint density at radius 3 is 2.55 bits per heavy atom. The molecule has 1 aliphatic rings. The van der Waals surface area contributed by atoms with Gasteiger partial charge < -0.3 is 5.73 Å². The van der Waals surface area contributed by atoms with Gasteiger partial charge in [-0.15, -0.1) is 0 Å². The van der Waals surface area contributed by atoms with Crippen LogP contribution in [0.2, 0.25) is 0 Å². The van der Waals surface area contributed by atoms with Crippen LogP contribution in [0.15, 0.2) is 16.6 Å². The average molecular weight is 164 g/mol. The van der Waals surface area contributed by atoms with Crippen molar-refractivity contribution in [3.8, 4) is 0 Å². The van der Waals surface area contributed by atoms with Crippen molar-refractivity contribution in [1.29, 1.82) is 0 Å². The van der Waals surface area contributed by atoms with E-state index in [1.807, 2.05) is 0 Å². The Bertz CT molecular complexity index is 204. The van der Waals surface area contributed by atoms with Crippen molar-refractivity contribution >= 4 is 6.21 Å². The molecular weight excluding hydrogens is 157 g/mol. The summed E-state index contributed by atoms with van der Waals surface area (Å²) in [5.74, 6) is 0. The van der Waals surface area contributed by atoms with E-state index < -0.39 is 17.9 Å². The number of dihydropyridines is 1. The summed E-state index contributed by atoms with van der Waals surface area (Å²) in [6.07, 6.45) is -3.18. The fourth-order valence-corrected chi connectivity index (χ4v) is 0.800. The first-order valence-electron chi connectivity index (χ1n) is 3.05. The highest BCUT2D eigenvalue weighted by Crippen LogP contribution is 2.29. The molecule has 0 aromatic carbocycles. The zero-order chi connectivity index (χ0) is 8.48. The van der Waals surface area contributed by atoms with Crippen molar-refractivity contribution in [1.82, 2.24) is 0 Å². The Morgan fingerprint density at radius 1 is 1.55 bits per heavy atom. The van der Waals surface area contributed by atoms with E-state index in [-0.39, 0.29) is 6.42 Å². The summed E-state index contributed by atoms with van der Waals surface area (Å²) in [6, 6.07) is 0. The van der Waals surface area contributed by atoms with E-state index >= 15 is 0 Å². The lowest BCUT2D eigenvalue weighted by atomic mass is 10.1. The maximum absolute atomic E-state index is 11.9. The largest absolute Gasteiger partial charge is 0.412 e. The van der Waals surface area contributed by atoms with Gasteiger partial charge >= 0.3 is 6.18 Å². The second-order valence-electron chi connectivity index (χ2n) is 2.26. The van der Waals surface area contributed by atoms with Crippen LogP contribution in [0.3, 0.4) is 0 Å². The first-order chi connectivity index (χ1) is 5.00. The average Bonchev–Trinajstić information content (AvgIpc) is 1.86. The summed E-state index contributed by atoms with van der Waals surface area (Å²) >= 11 is 0. The van der Waals surface area contributed by atoms with Crippen molar-refractivity contribution in [2.45, 2.75) is 18.8 Å². The van der Waals surface area contributed by atoms with Crippen LogP contribution >= 0.6 is 0 Å². The maximum Gasteiger partial charge on any atom is 0.412 e. The third-order valence-electron chi connectivity index (χ3n) is 1.35. The number of nitrogens with two attached hydrogens (primary N) is 1. The number of halogens is 3. The Kier molecular flexibility index (Phi) is 1.99. The second kappa shape index (κ2) is 2.65. The number of nitrogens with zero attached hydrogens (tertiary/aromatic N) is 1. The van der Waals surface area contributed by atoms with Crippen LogP contribution in [0.4, 0.5) is 13.2 Å². The molecule has 0 fully saturated rings. The van der Waals surface area contributed by atoms with Crippen LogP contribution in [0.5, 0.6) is 0 Å². The Morgan fingerprint density at radius 2 is 2.18 bits per heavy atom. The number of hydrogen-bond donors (Lipinski definition) is 1. The zero-order valence-electron chi connectivity index (χ0n) is 5.60. The molecule has 0 bridgehead atoms. The number of aliphatic imine (C=N–C) groups is 1. The van der Waals surface area contributed by atoms with Gasteiger partial charge in [0.05, 0.1) is 0 Å². The molecule has 0 spiro atoms. The highest BCUT2D eigenvalue weighted by Gasteiger charge is 2.34. The third-order valence-corrected chi connectivity index (χ3v) is 1.35. The van der Waals surface area contributed by atoms with Crippen LogP contribution in [0, 0.1) is 0 Å². The normalized spacial score (nSPS) is 25.1. The lowest BCUT2D eigenvalue weighted by Gasteiger charge is -2.16. The molecule has 62 valence electrons. The molecule has 1 unspecified atom stereocenters. The summed E-state index contributed by atoms with van der Waals surface area (Å²) in [4.78, 5) is 3.57. The highest BCUT2D eigenvalue weighted by atomic mass is 19.4. The van der Waals surface area contributed by atoms with E-state index in [0.29, 0.717) is 0 Å². The molecule has 11 heavy (non-hydrogen) atoms. The summed E-state index contributed by atoms with van der Waals surface area (Å²) in [6.45, 7) is 0. The smallest absolute Gasteiger partial charge is 0.309 e. The molecule has 2 nitrogen and oxygen atoms in total. The van der Waals surface area contributed by atoms with Gasteiger partial charge in [0.1, 0.15) is 6.17 Å². The summed E-state index contributed by atoms with van der Waals surface area (Å²) in [5.41, 5.74) is 4.57. The van der Waals surface area contributed by atoms with Gasteiger partial charge in [-0.05, 0) is 6.08 Å². The lowest BCUT2D eigenvalue weighted by molar-refractivity contribution is -0.0945. The van der Waals surface area contributed by atoms with Gasteiger partial charge in [-0.3, -0.25) is 4.99 Å². The van der Waals surface area contributed by atoms with E-state index in [4.69, 9.17) is 5.73 Å². The first kappa shape index (κ1) is 8.26. The Labute approximate surface area is 61.6 Å². The van der Waals surface area contributed by atoms with Gasteiger partial charge in [0.2, 0.25) is 0 Å². The van der Waals surface area contributed by atoms with Crippen molar-refractivity contribution < 1.29 is 13.2 Å². The molecule has 1 atom stereocenters. The molecular formula is C6H7F3N2. The minimum absolute atomic E-state index is 0.222. The Balaban J connectivity index is 2.75. The van der Waals surface area contributed by atoms with Crippen LogP contribution in [-0.4, -0.2) is 18.6 Å². The molecule has 0 aliphatic carbocycles. The fourth-order valence-electron chi connectivity index (χ4n) is 0.800. The number of alkyl halides is 3. The molecule has 0 radical (unpaired) electrons. The number of hydrogen-bond acceptors (Lipinski definition) is 2. The molecule has 0 aromatic heterocycles. The van der Waals surface area contributed by atoms with Gasteiger partial charge in [-0.25, -0.2) is 0 Å². The number of rotatable bonds is 0. The molecule has 1 heterocycles. The van der Waals surface area contributed by atoms with Gasteiger partial charge in [0.15, 0.2) is 0 Å². The standard InChI is InChI=1S/C6H7F3N2/c7-6(8,9)4-1-2-11-5(10)3-4/h1-2,5H,3,10H2. The third kappa shape index (κ3) is 2.04. The molecule has 2 N–H and O–H groups in total. The fraction of sp³-hybridized carbons (Fsp3) is 0.500. The maximum atomic E-state index is 11.9. The van der Waals surface area contributed by atoms with E-state index in [9.17, 15) is 13.2 Å². The molecule has 0 amide bonds. The molecule has 0 saturated carbocycles. The number of allylic oxidation sites excluding steroid dienone is 1. The minimum Gasteiger partial charge on any atom is -0.309 e. The molecule has 1 aliphatic heterocycles. The van der Waals surface area contributed by atoms with Crippen molar-refractivity contribution in [2.75, 3.05) is 0 Å². The second-order valence-corrected chi connectivity index (χ2v) is 2.26. The van der Waals surface area contributed by atoms with E-state index in [0.717, 1.165) is 12.3 Å². The van der Waals surface area contributed by atoms with E-state index in [1.165, 1.54) is 0 Å². The summed E-state index contributed by atoms with van der Waals surface area (Å²) in [7, 11) is 0. The van der Waals surface area contributed by atoms with Crippen LogP contribution in [-0.2, 0) is 0 Å². The van der Waals surface area contributed by atoms with Crippen LogP contribution < -0.4 is 5.73 Å². The van der Waals surface area contributed by atoms with Crippen LogP contribution in [0.1, 0.15) is 6.42 Å². The van der Waals surface area contributed by atoms with Gasteiger partial charge in [-0.2, -0.15) is 13.2 Å². The monoisotopic (exact) mass is 164 g/mol.